The lowest BCUT2D eigenvalue weighted by molar-refractivity contribution is -0.127. The number of H-pyrrole nitrogens is 1. The third kappa shape index (κ3) is 7.99. The van der Waals surface area contributed by atoms with Gasteiger partial charge in [-0.1, -0.05) is 30.3 Å². The van der Waals surface area contributed by atoms with E-state index in [-0.39, 0.29) is 24.2 Å². The van der Waals surface area contributed by atoms with Crippen LogP contribution in [0.3, 0.4) is 0 Å². The van der Waals surface area contributed by atoms with Crippen molar-refractivity contribution in [2.24, 2.45) is 24.6 Å². The number of aromatic amines is 1. The summed E-state index contributed by atoms with van der Waals surface area (Å²) in [7, 11) is 1.97. The first-order chi connectivity index (χ1) is 23.9. The van der Waals surface area contributed by atoms with E-state index in [1.165, 1.54) is 0 Å². The number of nitrogens with two attached hydrogens (primary N) is 1. The summed E-state index contributed by atoms with van der Waals surface area (Å²) in [4.78, 5) is 45.8. The number of aryl methyl sites for hydroxylation is 1. The minimum absolute atomic E-state index is 0.153. The zero-order valence-corrected chi connectivity index (χ0v) is 28.8. The van der Waals surface area contributed by atoms with Crippen molar-refractivity contribution >= 4 is 34.6 Å². The second-order valence-electron chi connectivity index (χ2n) is 14.0. The van der Waals surface area contributed by atoms with Gasteiger partial charge in [-0.25, -0.2) is 9.78 Å². The number of alkyl carbamates (subject to hydrolysis) is 1. The summed E-state index contributed by atoms with van der Waals surface area (Å²) >= 11 is 0. The fraction of sp³-hybridized carbons (Fsp3) is 0.378. The molecule has 260 valence electrons. The number of ether oxygens (including phenoxy) is 1. The molecule has 1 fully saturated rings. The number of carbonyl (C=O) groups excluding carboxylic acids is 3. The molecule has 1 atom stereocenters. The Balaban J connectivity index is 1.20. The van der Waals surface area contributed by atoms with E-state index >= 15 is 0 Å². The number of nitrogens with one attached hydrogen (secondary N) is 2. The third-order valence-electron chi connectivity index (χ3n) is 9.20. The molecule has 3 amide bonds. The van der Waals surface area contributed by atoms with Crippen molar-refractivity contribution in [3.63, 3.8) is 0 Å². The number of anilines is 1. The zero-order chi connectivity index (χ0) is 35.4. The number of aromatic nitrogens is 6. The lowest BCUT2D eigenvalue weighted by Gasteiger charge is -2.36. The van der Waals surface area contributed by atoms with Gasteiger partial charge in [0.05, 0.1) is 17.4 Å². The van der Waals surface area contributed by atoms with Crippen molar-refractivity contribution < 1.29 is 19.1 Å². The Morgan fingerprint density at radius 3 is 2.30 bits per heavy atom. The van der Waals surface area contributed by atoms with Gasteiger partial charge in [-0.3, -0.25) is 14.5 Å². The Labute approximate surface area is 290 Å². The number of primary amides is 1. The fourth-order valence-corrected chi connectivity index (χ4v) is 6.56. The average molecular weight is 678 g/mol. The van der Waals surface area contributed by atoms with Gasteiger partial charge in [0, 0.05) is 37.2 Å². The molecule has 0 aliphatic heterocycles. The van der Waals surface area contributed by atoms with Crippen LogP contribution in [0.1, 0.15) is 52.0 Å². The van der Waals surface area contributed by atoms with Gasteiger partial charge >= 0.3 is 6.09 Å². The van der Waals surface area contributed by atoms with Crippen molar-refractivity contribution in [1.29, 1.82) is 0 Å². The van der Waals surface area contributed by atoms with Crippen LogP contribution in [0.4, 0.5) is 10.5 Å². The number of carbonyl (C=O) groups is 3. The second kappa shape index (κ2) is 14.5. The van der Waals surface area contributed by atoms with Crippen LogP contribution in [0.2, 0.25) is 0 Å². The highest BCUT2D eigenvalue weighted by Gasteiger charge is 2.36. The zero-order valence-electron chi connectivity index (χ0n) is 28.8. The van der Waals surface area contributed by atoms with E-state index in [1.54, 1.807) is 35.5 Å². The van der Waals surface area contributed by atoms with Crippen LogP contribution < -0.4 is 16.0 Å². The molecule has 1 saturated carbocycles. The number of hydrogen-bond acceptors (Lipinski definition) is 8. The predicted molar refractivity (Wildman–Crippen MR) is 190 cm³/mol. The maximum absolute atomic E-state index is 14.4. The first-order valence-corrected chi connectivity index (χ1v) is 16.9. The van der Waals surface area contributed by atoms with Crippen LogP contribution in [0.5, 0.6) is 0 Å². The molecule has 4 N–H and O–H groups in total. The average Bonchev–Trinajstić information content (AvgIpc) is 3.77. The summed E-state index contributed by atoms with van der Waals surface area (Å²) in [6.07, 6.45) is 4.34. The molecular weight excluding hydrogens is 634 g/mol. The Morgan fingerprint density at radius 2 is 1.66 bits per heavy atom. The van der Waals surface area contributed by atoms with E-state index in [0.29, 0.717) is 36.5 Å². The topological polar surface area (TPSA) is 174 Å². The quantitative estimate of drug-likeness (QED) is 0.181. The molecular formula is C37H43N9O4. The lowest BCUT2D eigenvalue weighted by atomic mass is 9.81. The molecule has 13 nitrogen and oxygen atoms in total. The van der Waals surface area contributed by atoms with Gasteiger partial charge in [0.2, 0.25) is 17.6 Å². The van der Waals surface area contributed by atoms with Gasteiger partial charge in [0.1, 0.15) is 11.6 Å². The summed E-state index contributed by atoms with van der Waals surface area (Å²) in [5.41, 5.74) is 11.7. The van der Waals surface area contributed by atoms with Crippen molar-refractivity contribution in [3.05, 3.63) is 78.6 Å². The largest absolute Gasteiger partial charge is 0.444 e. The van der Waals surface area contributed by atoms with Crippen LogP contribution in [-0.2, 0) is 27.8 Å². The molecule has 1 aliphatic rings. The summed E-state index contributed by atoms with van der Waals surface area (Å²) in [6, 6.07) is 20.4. The number of amides is 3. The SMILES string of the molecule is Cn1cnc2cc(-c3ccc(C[C@@H](C(N)=O)N(c4ccc(-c5nn[nH]n5)cc4)C(=O)[C@H]4CC[C@H](CNC(=O)OC(C)(C)C)CC4)cc3)ccc21. The minimum Gasteiger partial charge on any atom is -0.444 e. The first-order valence-electron chi connectivity index (χ1n) is 16.9. The highest BCUT2D eigenvalue weighted by atomic mass is 16.6. The molecule has 50 heavy (non-hydrogen) atoms. The van der Waals surface area contributed by atoms with Gasteiger partial charge in [-0.05, 0) is 111 Å². The lowest BCUT2D eigenvalue weighted by Crippen LogP contribution is -2.52. The number of imidazole rings is 1. The Kier molecular flexibility index (Phi) is 9.93. The van der Waals surface area contributed by atoms with Crippen molar-refractivity contribution in [2.75, 3.05) is 11.4 Å². The second-order valence-corrected chi connectivity index (χ2v) is 14.0. The summed E-state index contributed by atoms with van der Waals surface area (Å²) in [5, 5.41) is 17.0. The minimum atomic E-state index is -0.930. The van der Waals surface area contributed by atoms with E-state index in [9.17, 15) is 14.4 Å². The summed E-state index contributed by atoms with van der Waals surface area (Å²) in [5.74, 6) is -0.421. The van der Waals surface area contributed by atoms with E-state index in [4.69, 9.17) is 10.5 Å². The van der Waals surface area contributed by atoms with Crippen LogP contribution in [0.25, 0.3) is 33.5 Å². The van der Waals surface area contributed by atoms with E-state index < -0.39 is 23.6 Å². The van der Waals surface area contributed by atoms with Crippen molar-refractivity contribution in [1.82, 2.24) is 35.5 Å². The standard InChI is InChI=1S/C37H43N9O4/c1-37(2,3)50-36(49)39-21-24-7-11-27(12-8-24)35(48)46(29-16-13-26(14-17-29)34-41-43-44-42-34)32(33(38)47)19-23-5-9-25(10-6-23)28-15-18-31-30(20-28)40-22-45(31)4/h5-6,9-10,13-18,20,22,24,27,32H,7-8,11-12,19,21H2,1-4H3,(H2,38,47)(H,39,49)(H,41,42,43,44)/t24-,27-,32-/m0/s1. The Bertz CT molecular complexity index is 1940. The number of hydrogen-bond donors (Lipinski definition) is 3. The van der Waals surface area contributed by atoms with Gasteiger partial charge in [0.25, 0.3) is 0 Å². The molecule has 1 aliphatic carbocycles. The molecule has 0 bridgehead atoms. The number of fused-ring (bicyclic) bond motifs is 1. The van der Waals surface area contributed by atoms with Gasteiger partial charge < -0.3 is 20.4 Å². The van der Waals surface area contributed by atoms with Crippen molar-refractivity contribution in [2.45, 2.75) is 64.5 Å². The van der Waals surface area contributed by atoms with Crippen molar-refractivity contribution in [3.8, 4) is 22.5 Å². The molecule has 6 rings (SSSR count). The van der Waals surface area contributed by atoms with Gasteiger partial charge in [-0.15, -0.1) is 10.2 Å². The molecule has 2 aromatic heterocycles. The fourth-order valence-electron chi connectivity index (χ4n) is 6.56. The summed E-state index contributed by atoms with van der Waals surface area (Å²) in [6.45, 7) is 5.96. The van der Waals surface area contributed by atoms with E-state index in [1.807, 2.05) is 62.7 Å². The number of nitrogens with zero attached hydrogens (tertiary/aromatic N) is 6. The first kappa shape index (κ1) is 34.3. The molecule has 0 unspecified atom stereocenters. The number of tetrazole rings is 1. The Hall–Kier alpha value is -5.59. The smallest absolute Gasteiger partial charge is 0.407 e. The van der Waals surface area contributed by atoms with Crippen LogP contribution in [0.15, 0.2) is 73.1 Å². The van der Waals surface area contributed by atoms with E-state index in [2.05, 4.69) is 43.1 Å². The molecule has 13 heteroatoms. The van der Waals surface area contributed by atoms with Crippen LogP contribution in [0, 0.1) is 11.8 Å². The predicted octanol–water partition coefficient (Wildman–Crippen LogP) is 5.18. The number of benzene rings is 3. The molecule has 0 saturated heterocycles. The molecule has 3 aromatic carbocycles. The molecule has 5 aromatic rings. The summed E-state index contributed by atoms with van der Waals surface area (Å²) < 4.78 is 7.35. The third-order valence-corrected chi connectivity index (χ3v) is 9.20. The normalized spacial score (nSPS) is 16.9. The van der Waals surface area contributed by atoms with Gasteiger partial charge in [-0.2, -0.15) is 5.21 Å². The van der Waals surface area contributed by atoms with E-state index in [0.717, 1.165) is 40.6 Å². The molecule has 2 heterocycles. The highest BCUT2D eigenvalue weighted by molar-refractivity contribution is 6.02. The molecule has 0 spiro atoms. The Morgan fingerprint density at radius 1 is 0.980 bits per heavy atom. The molecule has 0 radical (unpaired) electrons. The van der Waals surface area contributed by atoms with Crippen LogP contribution >= 0.6 is 0 Å². The maximum atomic E-state index is 14.4. The van der Waals surface area contributed by atoms with Gasteiger partial charge in [0.15, 0.2) is 0 Å². The highest BCUT2D eigenvalue weighted by Crippen LogP contribution is 2.33. The monoisotopic (exact) mass is 677 g/mol. The maximum Gasteiger partial charge on any atom is 0.407 e. The van der Waals surface area contributed by atoms with Crippen LogP contribution in [-0.4, -0.2) is 66.3 Å². The number of rotatable bonds is 10.